The van der Waals surface area contributed by atoms with Gasteiger partial charge in [-0.2, -0.15) is 0 Å². The fourth-order valence-corrected chi connectivity index (χ4v) is 2.27. The number of aryl methyl sites for hydroxylation is 3. The summed E-state index contributed by atoms with van der Waals surface area (Å²) in [7, 11) is 0. The summed E-state index contributed by atoms with van der Waals surface area (Å²) < 4.78 is 3.85. The van der Waals surface area contributed by atoms with Crippen LogP contribution in [0.25, 0.3) is 0 Å². The maximum atomic E-state index is 6.18. The second-order valence-electron chi connectivity index (χ2n) is 4.10. The van der Waals surface area contributed by atoms with E-state index in [2.05, 4.69) is 42.5 Å². The van der Waals surface area contributed by atoms with E-state index in [1.165, 1.54) is 28.2 Å². The Labute approximate surface area is 99.5 Å². The third-order valence-corrected chi connectivity index (χ3v) is 3.44. The lowest BCUT2D eigenvalue weighted by Gasteiger charge is -2.14. The fourth-order valence-electron chi connectivity index (χ4n) is 1.78. The summed E-state index contributed by atoms with van der Waals surface area (Å²) >= 11 is 1.33. The van der Waals surface area contributed by atoms with Crippen molar-refractivity contribution in [3.63, 3.8) is 0 Å². The lowest BCUT2D eigenvalue weighted by Crippen LogP contribution is -2.14. The van der Waals surface area contributed by atoms with Crippen LogP contribution in [0.5, 0.6) is 0 Å². The van der Waals surface area contributed by atoms with Gasteiger partial charge in [-0.25, -0.2) is 0 Å². The minimum atomic E-state index is -0.168. The molecule has 2 aromatic rings. The molecule has 0 amide bonds. The van der Waals surface area contributed by atoms with Crippen LogP contribution in [0, 0.1) is 20.8 Å². The van der Waals surface area contributed by atoms with Crippen molar-refractivity contribution in [3.8, 4) is 0 Å². The number of hydrogen-bond donors (Lipinski definition) is 1. The molecule has 84 valence electrons. The van der Waals surface area contributed by atoms with E-state index in [1.807, 2.05) is 5.38 Å². The van der Waals surface area contributed by atoms with Crippen LogP contribution in [0.1, 0.15) is 34.0 Å². The normalized spacial score (nSPS) is 12.8. The topological polar surface area (TPSA) is 51.8 Å². The van der Waals surface area contributed by atoms with Crippen LogP contribution in [-0.2, 0) is 0 Å². The SMILES string of the molecule is Cc1cc(C)c(C(N)c2csnn2)cc1C. The molecule has 1 atom stereocenters. The van der Waals surface area contributed by atoms with Crippen molar-refractivity contribution < 1.29 is 0 Å². The highest BCUT2D eigenvalue weighted by atomic mass is 32.1. The van der Waals surface area contributed by atoms with Crippen LogP contribution >= 0.6 is 11.5 Å². The summed E-state index contributed by atoms with van der Waals surface area (Å²) in [6.45, 7) is 6.30. The Morgan fingerprint density at radius 3 is 2.44 bits per heavy atom. The zero-order chi connectivity index (χ0) is 11.7. The van der Waals surface area contributed by atoms with E-state index in [0.717, 1.165) is 11.3 Å². The molecule has 0 spiro atoms. The van der Waals surface area contributed by atoms with Crippen LogP contribution < -0.4 is 5.73 Å². The summed E-state index contributed by atoms with van der Waals surface area (Å²) in [5.41, 5.74) is 11.9. The molecule has 4 heteroatoms. The van der Waals surface area contributed by atoms with Gasteiger partial charge < -0.3 is 5.73 Å². The van der Waals surface area contributed by atoms with Gasteiger partial charge in [0.15, 0.2) is 0 Å². The standard InChI is InChI=1S/C12H15N3S/c1-7-4-9(3)10(5-8(7)2)12(13)11-6-16-15-14-11/h4-6,12H,13H2,1-3H3. The molecule has 16 heavy (non-hydrogen) atoms. The molecule has 0 bridgehead atoms. The van der Waals surface area contributed by atoms with Gasteiger partial charge in [-0.15, -0.1) is 5.10 Å². The van der Waals surface area contributed by atoms with Crippen molar-refractivity contribution >= 4 is 11.5 Å². The zero-order valence-corrected chi connectivity index (χ0v) is 10.5. The van der Waals surface area contributed by atoms with E-state index in [4.69, 9.17) is 5.73 Å². The molecule has 3 nitrogen and oxygen atoms in total. The average Bonchev–Trinajstić information content (AvgIpc) is 2.75. The first-order valence-electron chi connectivity index (χ1n) is 5.20. The predicted octanol–water partition coefficient (Wildman–Crippen LogP) is 2.51. The molecule has 1 aromatic carbocycles. The van der Waals surface area contributed by atoms with Crippen molar-refractivity contribution in [1.82, 2.24) is 9.59 Å². The van der Waals surface area contributed by atoms with Crippen LogP contribution in [0.2, 0.25) is 0 Å². The highest BCUT2D eigenvalue weighted by Crippen LogP contribution is 2.24. The van der Waals surface area contributed by atoms with Crippen LogP contribution in [-0.4, -0.2) is 9.59 Å². The van der Waals surface area contributed by atoms with Gasteiger partial charge in [0.2, 0.25) is 0 Å². The molecular weight excluding hydrogens is 218 g/mol. The minimum absolute atomic E-state index is 0.168. The Morgan fingerprint density at radius 2 is 1.81 bits per heavy atom. The third-order valence-electron chi connectivity index (χ3n) is 2.91. The quantitative estimate of drug-likeness (QED) is 0.867. The first kappa shape index (κ1) is 11.2. The Hall–Kier alpha value is -1.26. The molecule has 1 aromatic heterocycles. The molecule has 0 fully saturated rings. The zero-order valence-electron chi connectivity index (χ0n) is 9.69. The van der Waals surface area contributed by atoms with Gasteiger partial charge in [0.05, 0.1) is 11.7 Å². The van der Waals surface area contributed by atoms with E-state index in [1.54, 1.807) is 0 Å². The maximum absolute atomic E-state index is 6.18. The summed E-state index contributed by atoms with van der Waals surface area (Å²) in [5, 5.41) is 5.93. The molecule has 0 aliphatic rings. The molecule has 2 N–H and O–H groups in total. The first-order valence-corrected chi connectivity index (χ1v) is 6.03. The highest BCUT2D eigenvalue weighted by Gasteiger charge is 2.14. The highest BCUT2D eigenvalue weighted by molar-refractivity contribution is 7.03. The monoisotopic (exact) mass is 233 g/mol. The predicted molar refractivity (Wildman–Crippen MR) is 66.6 cm³/mol. The molecule has 1 heterocycles. The number of aromatic nitrogens is 2. The number of benzene rings is 1. The van der Waals surface area contributed by atoms with E-state index in [-0.39, 0.29) is 6.04 Å². The Balaban J connectivity index is 2.44. The third kappa shape index (κ3) is 1.99. The van der Waals surface area contributed by atoms with Gasteiger partial charge in [0.25, 0.3) is 0 Å². The number of nitrogens with two attached hydrogens (primary N) is 1. The van der Waals surface area contributed by atoms with Crippen LogP contribution in [0.4, 0.5) is 0 Å². The number of hydrogen-bond acceptors (Lipinski definition) is 4. The lowest BCUT2D eigenvalue weighted by atomic mass is 9.95. The minimum Gasteiger partial charge on any atom is -0.319 e. The van der Waals surface area contributed by atoms with Gasteiger partial charge in [0.1, 0.15) is 0 Å². The van der Waals surface area contributed by atoms with E-state index < -0.39 is 0 Å². The Kier molecular flexibility index (Phi) is 3.03. The molecule has 0 saturated carbocycles. The largest absolute Gasteiger partial charge is 0.319 e. The summed E-state index contributed by atoms with van der Waals surface area (Å²) in [6.07, 6.45) is 0. The first-order chi connectivity index (χ1) is 7.59. The van der Waals surface area contributed by atoms with Crippen molar-refractivity contribution in [3.05, 3.63) is 45.5 Å². The molecule has 0 aliphatic carbocycles. The van der Waals surface area contributed by atoms with E-state index in [9.17, 15) is 0 Å². The van der Waals surface area contributed by atoms with Crippen molar-refractivity contribution in [2.24, 2.45) is 5.73 Å². The van der Waals surface area contributed by atoms with Gasteiger partial charge >= 0.3 is 0 Å². The fraction of sp³-hybridized carbons (Fsp3) is 0.333. The Morgan fingerprint density at radius 1 is 1.12 bits per heavy atom. The lowest BCUT2D eigenvalue weighted by molar-refractivity contribution is 0.809. The van der Waals surface area contributed by atoms with Crippen molar-refractivity contribution in [2.45, 2.75) is 26.8 Å². The molecule has 0 aliphatic heterocycles. The molecule has 2 rings (SSSR count). The smallest absolute Gasteiger partial charge is 0.0968 e. The Bertz CT molecular complexity index is 491. The number of nitrogens with zero attached hydrogens (tertiary/aromatic N) is 2. The second kappa shape index (κ2) is 4.31. The van der Waals surface area contributed by atoms with Crippen molar-refractivity contribution in [1.29, 1.82) is 0 Å². The van der Waals surface area contributed by atoms with Crippen LogP contribution in [0.3, 0.4) is 0 Å². The van der Waals surface area contributed by atoms with Crippen LogP contribution in [0.15, 0.2) is 17.5 Å². The van der Waals surface area contributed by atoms with E-state index in [0.29, 0.717) is 0 Å². The van der Waals surface area contributed by atoms with E-state index >= 15 is 0 Å². The summed E-state index contributed by atoms with van der Waals surface area (Å²) in [6, 6.07) is 4.15. The second-order valence-corrected chi connectivity index (χ2v) is 4.71. The van der Waals surface area contributed by atoms with Crippen molar-refractivity contribution in [2.75, 3.05) is 0 Å². The summed E-state index contributed by atoms with van der Waals surface area (Å²) in [5.74, 6) is 0. The number of rotatable bonds is 2. The van der Waals surface area contributed by atoms with Gasteiger partial charge in [-0.05, 0) is 54.6 Å². The average molecular weight is 233 g/mol. The molecule has 1 unspecified atom stereocenters. The molecular formula is C12H15N3S. The van der Waals surface area contributed by atoms with Gasteiger partial charge in [-0.1, -0.05) is 16.6 Å². The summed E-state index contributed by atoms with van der Waals surface area (Å²) in [4.78, 5) is 0. The van der Waals surface area contributed by atoms with Gasteiger partial charge in [-0.3, -0.25) is 0 Å². The molecule has 0 saturated heterocycles. The van der Waals surface area contributed by atoms with Gasteiger partial charge in [0, 0.05) is 5.38 Å². The molecule has 0 radical (unpaired) electrons. The maximum Gasteiger partial charge on any atom is 0.0968 e.